The molecule has 0 aliphatic heterocycles. The van der Waals surface area contributed by atoms with Gasteiger partial charge in [-0.1, -0.05) is 6.07 Å². The lowest BCUT2D eigenvalue weighted by Gasteiger charge is -2.01. The third-order valence-corrected chi connectivity index (χ3v) is 1.96. The van der Waals surface area contributed by atoms with Crippen LogP contribution in [0.25, 0.3) is 10.9 Å². The Kier molecular flexibility index (Phi) is 1.47. The molecule has 12 heavy (non-hydrogen) atoms. The first-order valence-electron chi connectivity index (χ1n) is 3.82. The van der Waals surface area contributed by atoms with Crippen molar-refractivity contribution in [3.63, 3.8) is 0 Å². The summed E-state index contributed by atoms with van der Waals surface area (Å²) in [5.74, 6) is 0.334. The van der Waals surface area contributed by atoms with E-state index in [1.165, 1.54) is 0 Å². The Hall–Kier alpha value is -1.57. The van der Waals surface area contributed by atoms with Crippen molar-refractivity contribution in [1.82, 2.24) is 4.98 Å². The monoisotopic (exact) mass is 159 g/mol. The molecular formula is C10H9NO. The van der Waals surface area contributed by atoms with Gasteiger partial charge in [-0.05, 0) is 30.7 Å². The van der Waals surface area contributed by atoms with Gasteiger partial charge in [-0.25, -0.2) is 0 Å². The minimum atomic E-state index is 0.334. The first-order valence-corrected chi connectivity index (χ1v) is 3.82. The highest BCUT2D eigenvalue weighted by Gasteiger charge is 2.01. The van der Waals surface area contributed by atoms with E-state index < -0.39 is 0 Å². The van der Waals surface area contributed by atoms with Crippen LogP contribution in [0.4, 0.5) is 0 Å². The zero-order chi connectivity index (χ0) is 8.55. The Morgan fingerprint density at radius 1 is 1.25 bits per heavy atom. The molecule has 1 aromatic carbocycles. The van der Waals surface area contributed by atoms with Gasteiger partial charge in [-0.3, -0.25) is 4.98 Å². The van der Waals surface area contributed by atoms with Gasteiger partial charge in [-0.2, -0.15) is 0 Å². The molecular weight excluding hydrogens is 150 g/mol. The van der Waals surface area contributed by atoms with Crippen molar-refractivity contribution in [2.45, 2.75) is 6.92 Å². The molecule has 0 aliphatic rings. The molecule has 2 rings (SSSR count). The minimum Gasteiger partial charge on any atom is -0.507 e. The maximum Gasteiger partial charge on any atom is 0.127 e. The molecule has 0 radical (unpaired) electrons. The Morgan fingerprint density at radius 3 is 2.92 bits per heavy atom. The van der Waals surface area contributed by atoms with E-state index in [9.17, 15) is 5.11 Å². The molecule has 0 saturated heterocycles. The van der Waals surface area contributed by atoms with Gasteiger partial charge in [0, 0.05) is 11.6 Å². The summed E-state index contributed by atoms with van der Waals surface area (Å²) in [6.45, 7) is 1.88. The van der Waals surface area contributed by atoms with E-state index >= 15 is 0 Å². The fraction of sp³-hybridized carbons (Fsp3) is 0.100. The smallest absolute Gasteiger partial charge is 0.127 e. The summed E-state index contributed by atoms with van der Waals surface area (Å²) in [5, 5.41) is 10.4. The number of hydrogen-bond acceptors (Lipinski definition) is 2. The second kappa shape index (κ2) is 2.48. The van der Waals surface area contributed by atoms with Gasteiger partial charge < -0.3 is 5.11 Å². The highest BCUT2D eigenvalue weighted by Crippen LogP contribution is 2.25. The molecule has 0 spiro atoms. The van der Waals surface area contributed by atoms with Crippen molar-refractivity contribution in [3.8, 4) is 5.75 Å². The van der Waals surface area contributed by atoms with Crippen LogP contribution < -0.4 is 0 Å². The molecule has 0 aliphatic carbocycles. The topological polar surface area (TPSA) is 33.1 Å². The maximum atomic E-state index is 9.62. The molecule has 0 amide bonds. The Balaban J connectivity index is 2.91. The molecule has 2 nitrogen and oxygen atoms in total. The molecule has 0 fully saturated rings. The van der Waals surface area contributed by atoms with Gasteiger partial charge in [0.15, 0.2) is 0 Å². The van der Waals surface area contributed by atoms with E-state index in [0.717, 1.165) is 16.5 Å². The predicted molar refractivity (Wildman–Crippen MR) is 48.1 cm³/mol. The standard InChI is InChI=1S/C10H9NO/c1-7-4-5-9-8(10(7)12)3-2-6-11-9/h2-6,12H,1H3. The number of phenolic OH excluding ortho intramolecular Hbond substituents is 1. The molecule has 1 aromatic heterocycles. The van der Waals surface area contributed by atoms with E-state index in [4.69, 9.17) is 0 Å². The van der Waals surface area contributed by atoms with Crippen molar-refractivity contribution >= 4 is 10.9 Å². The van der Waals surface area contributed by atoms with Gasteiger partial charge in [0.25, 0.3) is 0 Å². The molecule has 2 heteroatoms. The van der Waals surface area contributed by atoms with Crippen LogP contribution in [0.3, 0.4) is 0 Å². The average Bonchev–Trinajstić information content (AvgIpc) is 2.12. The molecule has 0 atom stereocenters. The summed E-state index contributed by atoms with van der Waals surface area (Å²) in [6, 6.07) is 7.46. The molecule has 1 heterocycles. The second-order valence-electron chi connectivity index (χ2n) is 2.80. The number of phenols is 1. The van der Waals surface area contributed by atoms with Gasteiger partial charge in [0.1, 0.15) is 5.75 Å². The van der Waals surface area contributed by atoms with E-state index in [-0.39, 0.29) is 0 Å². The summed E-state index contributed by atoms with van der Waals surface area (Å²) in [6.07, 6.45) is 1.72. The van der Waals surface area contributed by atoms with Gasteiger partial charge in [0.2, 0.25) is 0 Å². The molecule has 2 aromatic rings. The summed E-state index contributed by atoms with van der Waals surface area (Å²) in [5.41, 5.74) is 1.72. The molecule has 0 saturated carbocycles. The SMILES string of the molecule is Cc1ccc2ncccc2c1O. The number of rotatable bonds is 0. The van der Waals surface area contributed by atoms with Gasteiger partial charge >= 0.3 is 0 Å². The van der Waals surface area contributed by atoms with Crippen LogP contribution in [0.15, 0.2) is 30.5 Å². The lowest BCUT2D eigenvalue weighted by molar-refractivity contribution is 0.477. The van der Waals surface area contributed by atoms with E-state index in [0.29, 0.717) is 5.75 Å². The molecule has 1 N–H and O–H groups in total. The Labute approximate surface area is 70.5 Å². The van der Waals surface area contributed by atoms with E-state index in [1.807, 2.05) is 31.2 Å². The van der Waals surface area contributed by atoms with Crippen LogP contribution >= 0.6 is 0 Å². The number of fused-ring (bicyclic) bond motifs is 1. The first kappa shape index (κ1) is 7.10. The van der Waals surface area contributed by atoms with Crippen LogP contribution in [0.2, 0.25) is 0 Å². The third kappa shape index (κ3) is 0.925. The lowest BCUT2D eigenvalue weighted by Crippen LogP contribution is -1.80. The van der Waals surface area contributed by atoms with Crippen molar-refractivity contribution in [3.05, 3.63) is 36.0 Å². The summed E-state index contributed by atoms with van der Waals surface area (Å²) < 4.78 is 0. The molecule has 60 valence electrons. The zero-order valence-electron chi connectivity index (χ0n) is 6.78. The van der Waals surface area contributed by atoms with Gasteiger partial charge in [0.05, 0.1) is 5.52 Å². The number of aromatic nitrogens is 1. The first-order chi connectivity index (χ1) is 5.79. The van der Waals surface area contributed by atoms with Crippen LogP contribution in [0.5, 0.6) is 5.75 Å². The number of benzene rings is 1. The van der Waals surface area contributed by atoms with Crippen molar-refractivity contribution in [1.29, 1.82) is 0 Å². The summed E-state index contributed by atoms with van der Waals surface area (Å²) >= 11 is 0. The quantitative estimate of drug-likeness (QED) is 0.639. The zero-order valence-corrected chi connectivity index (χ0v) is 6.78. The molecule has 0 bridgehead atoms. The van der Waals surface area contributed by atoms with Crippen molar-refractivity contribution in [2.24, 2.45) is 0 Å². The minimum absolute atomic E-state index is 0.334. The fourth-order valence-corrected chi connectivity index (χ4v) is 1.25. The lowest BCUT2D eigenvalue weighted by atomic mass is 10.1. The summed E-state index contributed by atoms with van der Waals surface area (Å²) in [4.78, 5) is 4.12. The highest BCUT2D eigenvalue weighted by molar-refractivity contribution is 5.85. The summed E-state index contributed by atoms with van der Waals surface area (Å²) in [7, 11) is 0. The van der Waals surface area contributed by atoms with Crippen LogP contribution in [-0.2, 0) is 0 Å². The third-order valence-electron chi connectivity index (χ3n) is 1.96. The number of aromatic hydroxyl groups is 1. The van der Waals surface area contributed by atoms with Crippen LogP contribution in [0, 0.1) is 6.92 Å². The van der Waals surface area contributed by atoms with Crippen LogP contribution in [0.1, 0.15) is 5.56 Å². The maximum absolute atomic E-state index is 9.62. The largest absolute Gasteiger partial charge is 0.507 e. The fourth-order valence-electron chi connectivity index (χ4n) is 1.25. The van der Waals surface area contributed by atoms with E-state index in [1.54, 1.807) is 6.20 Å². The van der Waals surface area contributed by atoms with Crippen LogP contribution in [-0.4, -0.2) is 10.1 Å². The van der Waals surface area contributed by atoms with Crippen molar-refractivity contribution in [2.75, 3.05) is 0 Å². The van der Waals surface area contributed by atoms with Gasteiger partial charge in [-0.15, -0.1) is 0 Å². The normalized spacial score (nSPS) is 10.4. The van der Waals surface area contributed by atoms with Crippen molar-refractivity contribution < 1.29 is 5.11 Å². The number of hydrogen-bond donors (Lipinski definition) is 1. The highest BCUT2D eigenvalue weighted by atomic mass is 16.3. The number of pyridine rings is 1. The average molecular weight is 159 g/mol. The second-order valence-corrected chi connectivity index (χ2v) is 2.80. The predicted octanol–water partition coefficient (Wildman–Crippen LogP) is 2.25. The Bertz CT molecular complexity index is 423. The Morgan fingerprint density at radius 2 is 2.08 bits per heavy atom. The number of nitrogens with zero attached hydrogens (tertiary/aromatic N) is 1. The number of aryl methyl sites for hydroxylation is 1. The molecule has 0 unspecified atom stereocenters. The van der Waals surface area contributed by atoms with E-state index in [2.05, 4.69) is 4.98 Å².